The van der Waals surface area contributed by atoms with E-state index in [1.165, 1.54) is 28.5 Å². The summed E-state index contributed by atoms with van der Waals surface area (Å²) in [7, 11) is 0. The maximum Gasteiger partial charge on any atom is 0.0686 e. The second kappa shape index (κ2) is 6.55. The molecule has 0 radical (unpaired) electrons. The van der Waals surface area contributed by atoms with Crippen molar-refractivity contribution in [1.82, 2.24) is 15.1 Å². The van der Waals surface area contributed by atoms with Crippen LogP contribution < -0.4 is 5.32 Å². The summed E-state index contributed by atoms with van der Waals surface area (Å²) in [6.07, 6.45) is 3.10. The second-order valence-electron chi connectivity index (χ2n) is 5.36. The van der Waals surface area contributed by atoms with E-state index >= 15 is 0 Å². The highest BCUT2D eigenvalue weighted by molar-refractivity contribution is 5.78. The lowest BCUT2D eigenvalue weighted by atomic mass is 10.1. The molecule has 0 saturated carbocycles. The molecule has 0 fully saturated rings. The Bertz CT molecular complexity index is 715. The van der Waals surface area contributed by atoms with Crippen molar-refractivity contribution < 1.29 is 0 Å². The predicted octanol–water partition coefficient (Wildman–Crippen LogP) is 3.58. The van der Waals surface area contributed by atoms with Crippen LogP contribution in [0.2, 0.25) is 0 Å². The van der Waals surface area contributed by atoms with Gasteiger partial charge >= 0.3 is 0 Å². The van der Waals surface area contributed by atoms with Crippen molar-refractivity contribution in [1.29, 1.82) is 0 Å². The fourth-order valence-corrected chi connectivity index (χ4v) is 2.57. The highest BCUT2D eigenvalue weighted by atomic mass is 15.3. The van der Waals surface area contributed by atoms with Gasteiger partial charge in [0.15, 0.2) is 0 Å². The molecule has 0 aliphatic heterocycles. The first-order chi connectivity index (χ1) is 10.4. The molecule has 3 rings (SSSR count). The highest BCUT2D eigenvalue weighted by Crippen LogP contribution is 2.15. The Morgan fingerprint density at radius 1 is 1.05 bits per heavy atom. The van der Waals surface area contributed by atoms with E-state index in [9.17, 15) is 0 Å². The zero-order chi connectivity index (χ0) is 14.5. The number of benzene rings is 2. The van der Waals surface area contributed by atoms with Crippen LogP contribution in [0, 0.1) is 0 Å². The molecular formula is C18H21N3. The number of fused-ring (bicyclic) bond motifs is 1. The number of hydrogen-bond donors (Lipinski definition) is 1. The van der Waals surface area contributed by atoms with Gasteiger partial charge in [-0.05, 0) is 30.2 Å². The van der Waals surface area contributed by atoms with Gasteiger partial charge in [0.2, 0.25) is 0 Å². The minimum Gasteiger partial charge on any atom is -0.313 e. The fourth-order valence-electron chi connectivity index (χ4n) is 2.57. The first-order valence-electron chi connectivity index (χ1n) is 7.56. The van der Waals surface area contributed by atoms with Gasteiger partial charge in [-0.2, -0.15) is 5.10 Å². The Morgan fingerprint density at radius 2 is 1.90 bits per heavy atom. The molecule has 0 aliphatic carbocycles. The maximum absolute atomic E-state index is 4.50. The normalized spacial score (nSPS) is 11.1. The zero-order valence-electron chi connectivity index (χ0n) is 12.4. The third kappa shape index (κ3) is 3.31. The summed E-state index contributed by atoms with van der Waals surface area (Å²) in [6, 6.07) is 17.1. The van der Waals surface area contributed by atoms with E-state index in [0.29, 0.717) is 0 Å². The summed E-state index contributed by atoms with van der Waals surface area (Å²) in [5, 5.41) is 9.13. The molecule has 0 spiro atoms. The number of para-hydroxylation sites is 1. The van der Waals surface area contributed by atoms with Gasteiger partial charge in [0, 0.05) is 11.9 Å². The van der Waals surface area contributed by atoms with Crippen LogP contribution in [0.25, 0.3) is 10.9 Å². The predicted molar refractivity (Wildman–Crippen MR) is 87.3 cm³/mol. The molecular weight excluding hydrogens is 258 g/mol. The fraction of sp³-hybridized carbons (Fsp3) is 0.278. The number of aromatic nitrogens is 2. The van der Waals surface area contributed by atoms with E-state index in [1.54, 1.807) is 0 Å². The van der Waals surface area contributed by atoms with Gasteiger partial charge in [-0.3, -0.25) is 4.68 Å². The maximum atomic E-state index is 4.50. The van der Waals surface area contributed by atoms with Gasteiger partial charge in [0.1, 0.15) is 0 Å². The summed E-state index contributed by atoms with van der Waals surface area (Å²) in [5.74, 6) is 0. The van der Waals surface area contributed by atoms with Gasteiger partial charge < -0.3 is 5.32 Å². The lowest BCUT2D eigenvalue weighted by Gasteiger charge is -2.07. The summed E-state index contributed by atoms with van der Waals surface area (Å²) < 4.78 is 2.06. The molecule has 0 atom stereocenters. The van der Waals surface area contributed by atoms with E-state index in [1.807, 2.05) is 12.3 Å². The lowest BCUT2D eigenvalue weighted by Crippen LogP contribution is -2.14. The second-order valence-corrected chi connectivity index (χ2v) is 5.36. The van der Waals surface area contributed by atoms with Crippen molar-refractivity contribution in [3.05, 3.63) is 65.9 Å². The van der Waals surface area contributed by atoms with E-state index in [0.717, 1.165) is 19.6 Å². The van der Waals surface area contributed by atoms with Crippen LogP contribution >= 0.6 is 0 Å². The molecule has 1 N–H and O–H groups in total. The van der Waals surface area contributed by atoms with E-state index in [-0.39, 0.29) is 0 Å². The van der Waals surface area contributed by atoms with Gasteiger partial charge in [-0.1, -0.05) is 49.4 Å². The minimum absolute atomic E-state index is 0.815. The smallest absolute Gasteiger partial charge is 0.0686 e. The van der Waals surface area contributed by atoms with Crippen molar-refractivity contribution in [3.8, 4) is 0 Å². The zero-order valence-corrected chi connectivity index (χ0v) is 12.4. The Kier molecular flexibility index (Phi) is 4.31. The molecule has 2 aromatic carbocycles. The molecule has 1 aromatic heterocycles. The Labute approximate surface area is 125 Å². The largest absolute Gasteiger partial charge is 0.313 e. The molecule has 0 saturated heterocycles. The molecule has 3 heteroatoms. The molecule has 0 unspecified atom stereocenters. The van der Waals surface area contributed by atoms with Crippen molar-refractivity contribution in [2.45, 2.75) is 26.4 Å². The van der Waals surface area contributed by atoms with Crippen LogP contribution in [0.1, 0.15) is 24.5 Å². The molecule has 0 bridgehead atoms. The van der Waals surface area contributed by atoms with Gasteiger partial charge in [-0.25, -0.2) is 0 Å². The quantitative estimate of drug-likeness (QED) is 0.699. The van der Waals surface area contributed by atoms with Gasteiger partial charge in [0.05, 0.1) is 18.3 Å². The molecule has 0 aliphatic rings. The van der Waals surface area contributed by atoms with Gasteiger partial charge in [-0.15, -0.1) is 0 Å². The molecule has 108 valence electrons. The summed E-state index contributed by atoms with van der Waals surface area (Å²) >= 11 is 0. The summed E-state index contributed by atoms with van der Waals surface area (Å²) in [5.41, 5.74) is 3.81. The first kappa shape index (κ1) is 13.8. The minimum atomic E-state index is 0.815. The van der Waals surface area contributed by atoms with Crippen molar-refractivity contribution in [3.63, 3.8) is 0 Å². The van der Waals surface area contributed by atoms with Crippen LogP contribution in [0.5, 0.6) is 0 Å². The van der Waals surface area contributed by atoms with E-state index in [4.69, 9.17) is 0 Å². The third-order valence-electron chi connectivity index (χ3n) is 3.63. The first-order valence-corrected chi connectivity index (χ1v) is 7.56. The van der Waals surface area contributed by atoms with Crippen LogP contribution in [0.3, 0.4) is 0 Å². The standard InChI is InChI=1S/C18H21N3/c1-2-10-19-12-15-6-5-7-16(11-15)14-21-18-9-4-3-8-17(18)13-20-21/h3-9,11,13,19H,2,10,12,14H2,1H3. The Balaban J connectivity index is 1.76. The number of nitrogens with one attached hydrogen (secondary N) is 1. The molecule has 1 heterocycles. The monoisotopic (exact) mass is 279 g/mol. The Hall–Kier alpha value is -2.13. The average molecular weight is 279 g/mol. The average Bonchev–Trinajstić information content (AvgIpc) is 2.91. The number of nitrogens with zero attached hydrogens (tertiary/aromatic N) is 2. The van der Waals surface area contributed by atoms with Crippen LogP contribution in [0.15, 0.2) is 54.7 Å². The van der Waals surface area contributed by atoms with E-state index < -0.39 is 0 Å². The SMILES string of the molecule is CCCNCc1cccc(Cn2ncc3ccccc32)c1. The van der Waals surface area contributed by atoms with Gasteiger partial charge in [0.25, 0.3) is 0 Å². The third-order valence-corrected chi connectivity index (χ3v) is 3.63. The lowest BCUT2D eigenvalue weighted by molar-refractivity contribution is 0.672. The van der Waals surface area contributed by atoms with Crippen molar-refractivity contribution >= 4 is 10.9 Å². The summed E-state index contributed by atoms with van der Waals surface area (Å²) in [4.78, 5) is 0. The van der Waals surface area contributed by atoms with Crippen LogP contribution in [0.4, 0.5) is 0 Å². The molecule has 3 nitrogen and oxygen atoms in total. The van der Waals surface area contributed by atoms with E-state index in [2.05, 4.69) is 64.5 Å². The molecule has 21 heavy (non-hydrogen) atoms. The molecule has 3 aromatic rings. The number of rotatable bonds is 6. The summed E-state index contributed by atoms with van der Waals surface area (Å²) in [6.45, 7) is 5.00. The highest BCUT2D eigenvalue weighted by Gasteiger charge is 2.03. The topological polar surface area (TPSA) is 29.9 Å². The van der Waals surface area contributed by atoms with Crippen molar-refractivity contribution in [2.75, 3.05) is 6.54 Å². The Morgan fingerprint density at radius 3 is 2.81 bits per heavy atom. The van der Waals surface area contributed by atoms with Crippen LogP contribution in [-0.4, -0.2) is 16.3 Å². The number of hydrogen-bond acceptors (Lipinski definition) is 2. The molecule has 0 amide bonds. The van der Waals surface area contributed by atoms with Crippen molar-refractivity contribution in [2.24, 2.45) is 0 Å². The van der Waals surface area contributed by atoms with Crippen LogP contribution in [-0.2, 0) is 13.1 Å².